The van der Waals surface area contributed by atoms with Crippen LogP contribution in [-0.2, 0) is 28.2 Å². The summed E-state index contributed by atoms with van der Waals surface area (Å²) < 4.78 is 32.2. The van der Waals surface area contributed by atoms with Crippen molar-refractivity contribution in [2.75, 3.05) is 33.1 Å². The standard InChI is InChI=1S/C14H24N4O4S/c1-5-11-6-13(18(4)16-11)14(19)15-12-8-22-7-10(12)9-23(20,21)17(2)3/h6,10,12H,5,7-9H2,1-4H3,(H,15,19)/t10-,12+/m0/s1. The van der Waals surface area contributed by atoms with Crippen LogP contribution in [0.1, 0.15) is 23.1 Å². The predicted octanol–water partition coefficient (Wildman–Crippen LogP) is -0.381. The molecule has 0 aromatic carbocycles. The van der Waals surface area contributed by atoms with Crippen LogP contribution in [-0.4, -0.2) is 67.5 Å². The predicted molar refractivity (Wildman–Crippen MR) is 85.6 cm³/mol. The van der Waals surface area contributed by atoms with E-state index in [0.717, 1.165) is 12.1 Å². The number of carbonyl (C=O) groups is 1. The quantitative estimate of drug-likeness (QED) is 0.759. The lowest BCUT2D eigenvalue weighted by Gasteiger charge is -2.21. The minimum absolute atomic E-state index is 0.0451. The Morgan fingerprint density at radius 3 is 2.74 bits per heavy atom. The first kappa shape index (κ1) is 17.9. The average Bonchev–Trinajstić information content (AvgIpc) is 3.05. The molecule has 23 heavy (non-hydrogen) atoms. The van der Waals surface area contributed by atoms with E-state index in [1.165, 1.54) is 23.1 Å². The maximum absolute atomic E-state index is 12.4. The lowest BCUT2D eigenvalue weighted by atomic mass is 10.1. The molecule has 0 aliphatic carbocycles. The van der Waals surface area contributed by atoms with Crippen LogP contribution in [0.5, 0.6) is 0 Å². The number of carbonyl (C=O) groups excluding carboxylic acids is 1. The molecule has 1 aliphatic heterocycles. The van der Waals surface area contributed by atoms with Crippen molar-refractivity contribution in [1.29, 1.82) is 0 Å². The van der Waals surface area contributed by atoms with Gasteiger partial charge in [-0.2, -0.15) is 5.10 Å². The molecule has 0 saturated carbocycles. The number of amides is 1. The number of nitrogens with zero attached hydrogens (tertiary/aromatic N) is 3. The molecule has 0 radical (unpaired) electrons. The Labute approximate surface area is 136 Å². The zero-order valence-electron chi connectivity index (χ0n) is 13.9. The summed E-state index contributed by atoms with van der Waals surface area (Å²) in [6.07, 6.45) is 0.747. The Balaban J connectivity index is 2.06. The van der Waals surface area contributed by atoms with Gasteiger partial charge < -0.3 is 10.1 Å². The van der Waals surface area contributed by atoms with Gasteiger partial charge in [0, 0.05) is 27.1 Å². The Morgan fingerprint density at radius 2 is 2.17 bits per heavy atom. The third kappa shape index (κ3) is 4.10. The van der Waals surface area contributed by atoms with Crippen molar-refractivity contribution in [2.45, 2.75) is 19.4 Å². The number of ether oxygens (including phenoxy) is 1. The molecule has 130 valence electrons. The minimum Gasteiger partial charge on any atom is -0.379 e. The van der Waals surface area contributed by atoms with Gasteiger partial charge in [-0.1, -0.05) is 6.92 Å². The maximum Gasteiger partial charge on any atom is 0.269 e. The number of hydrogen-bond donors (Lipinski definition) is 1. The fraction of sp³-hybridized carbons (Fsp3) is 0.714. The molecular formula is C14H24N4O4S. The van der Waals surface area contributed by atoms with Crippen molar-refractivity contribution < 1.29 is 17.9 Å². The molecule has 2 heterocycles. The van der Waals surface area contributed by atoms with Crippen LogP contribution in [0.4, 0.5) is 0 Å². The lowest BCUT2D eigenvalue weighted by molar-refractivity contribution is 0.0916. The molecule has 8 nitrogen and oxygen atoms in total. The Kier molecular flexibility index (Phi) is 5.43. The first-order chi connectivity index (χ1) is 10.7. The van der Waals surface area contributed by atoms with Gasteiger partial charge in [0.05, 0.1) is 30.7 Å². The SMILES string of the molecule is CCc1cc(C(=O)N[C@@H]2COC[C@H]2CS(=O)(=O)N(C)C)n(C)n1. The summed E-state index contributed by atoms with van der Waals surface area (Å²) in [6, 6.07) is 1.42. The Morgan fingerprint density at radius 1 is 1.48 bits per heavy atom. The van der Waals surface area contributed by atoms with E-state index in [9.17, 15) is 13.2 Å². The van der Waals surface area contributed by atoms with Gasteiger partial charge >= 0.3 is 0 Å². The van der Waals surface area contributed by atoms with Gasteiger partial charge in [0.15, 0.2) is 0 Å². The zero-order chi connectivity index (χ0) is 17.2. The first-order valence-corrected chi connectivity index (χ1v) is 9.17. The van der Waals surface area contributed by atoms with Crippen molar-refractivity contribution in [3.63, 3.8) is 0 Å². The van der Waals surface area contributed by atoms with Gasteiger partial charge in [-0.05, 0) is 12.5 Å². The molecule has 1 aromatic rings. The molecule has 0 unspecified atom stereocenters. The van der Waals surface area contributed by atoms with Gasteiger partial charge in [-0.15, -0.1) is 0 Å². The number of aryl methyl sites for hydroxylation is 2. The van der Waals surface area contributed by atoms with Crippen LogP contribution < -0.4 is 5.32 Å². The van der Waals surface area contributed by atoms with E-state index in [1.807, 2.05) is 6.92 Å². The van der Waals surface area contributed by atoms with E-state index in [-0.39, 0.29) is 23.6 Å². The molecule has 1 aromatic heterocycles. The topological polar surface area (TPSA) is 93.5 Å². The fourth-order valence-electron chi connectivity index (χ4n) is 2.50. The summed E-state index contributed by atoms with van der Waals surface area (Å²) >= 11 is 0. The Hall–Kier alpha value is -1.45. The number of sulfonamides is 1. The second-order valence-corrected chi connectivity index (χ2v) is 8.16. The van der Waals surface area contributed by atoms with Crippen molar-refractivity contribution in [2.24, 2.45) is 13.0 Å². The minimum atomic E-state index is -3.34. The molecule has 1 aliphatic rings. The summed E-state index contributed by atoms with van der Waals surface area (Å²) in [6.45, 7) is 2.61. The van der Waals surface area contributed by atoms with Gasteiger partial charge in [-0.25, -0.2) is 12.7 Å². The summed E-state index contributed by atoms with van der Waals surface area (Å²) in [5, 5.41) is 7.13. The molecule has 0 spiro atoms. The van der Waals surface area contributed by atoms with Crippen molar-refractivity contribution in [3.8, 4) is 0 Å². The summed E-state index contributed by atoms with van der Waals surface area (Å²) in [7, 11) is 1.38. The highest BCUT2D eigenvalue weighted by atomic mass is 32.2. The van der Waals surface area contributed by atoms with E-state index in [1.54, 1.807) is 13.1 Å². The number of hydrogen-bond acceptors (Lipinski definition) is 5. The maximum atomic E-state index is 12.4. The highest BCUT2D eigenvalue weighted by Crippen LogP contribution is 2.18. The van der Waals surface area contributed by atoms with E-state index < -0.39 is 10.0 Å². The summed E-state index contributed by atoms with van der Waals surface area (Å²) in [5.41, 5.74) is 1.30. The van der Waals surface area contributed by atoms with Crippen LogP contribution in [0.25, 0.3) is 0 Å². The molecule has 1 fully saturated rings. The van der Waals surface area contributed by atoms with Gasteiger partial charge in [0.1, 0.15) is 5.69 Å². The highest BCUT2D eigenvalue weighted by molar-refractivity contribution is 7.89. The van der Waals surface area contributed by atoms with Gasteiger partial charge in [-0.3, -0.25) is 9.48 Å². The van der Waals surface area contributed by atoms with Crippen molar-refractivity contribution in [1.82, 2.24) is 19.4 Å². The monoisotopic (exact) mass is 344 g/mol. The number of nitrogens with one attached hydrogen (secondary N) is 1. The average molecular weight is 344 g/mol. The van der Waals surface area contributed by atoms with Gasteiger partial charge in [0.25, 0.3) is 5.91 Å². The lowest BCUT2D eigenvalue weighted by Crippen LogP contribution is -2.44. The molecule has 1 amide bonds. The second kappa shape index (κ2) is 6.98. The summed E-state index contributed by atoms with van der Waals surface area (Å²) in [4.78, 5) is 12.4. The smallest absolute Gasteiger partial charge is 0.269 e. The summed E-state index contributed by atoms with van der Waals surface area (Å²) in [5.74, 6) is -0.566. The number of rotatable bonds is 6. The van der Waals surface area contributed by atoms with E-state index in [2.05, 4.69) is 10.4 Å². The normalized spacial score (nSPS) is 21.8. The molecule has 2 rings (SSSR count). The van der Waals surface area contributed by atoms with Crippen molar-refractivity contribution >= 4 is 15.9 Å². The van der Waals surface area contributed by atoms with Crippen LogP contribution in [0.15, 0.2) is 6.07 Å². The molecule has 0 bridgehead atoms. The van der Waals surface area contributed by atoms with Crippen molar-refractivity contribution in [3.05, 3.63) is 17.5 Å². The van der Waals surface area contributed by atoms with Crippen LogP contribution in [0.2, 0.25) is 0 Å². The van der Waals surface area contributed by atoms with Crippen LogP contribution in [0, 0.1) is 5.92 Å². The second-order valence-electron chi connectivity index (χ2n) is 5.94. The fourth-order valence-corrected chi connectivity index (χ4v) is 3.66. The molecule has 2 atom stereocenters. The first-order valence-electron chi connectivity index (χ1n) is 7.56. The van der Waals surface area contributed by atoms with E-state index in [4.69, 9.17) is 4.74 Å². The molecule has 1 saturated heterocycles. The molecule has 1 N–H and O–H groups in total. The van der Waals surface area contributed by atoms with Crippen LogP contribution >= 0.6 is 0 Å². The van der Waals surface area contributed by atoms with E-state index >= 15 is 0 Å². The van der Waals surface area contributed by atoms with Gasteiger partial charge in [0.2, 0.25) is 10.0 Å². The molecule has 9 heteroatoms. The largest absolute Gasteiger partial charge is 0.379 e. The van der Waals surface area contributed by atoms with Crippen LogP contribution in [0.3, 0.4) is 0 Å². The Bertz CT molecular complexity index is 668. The van der Waals surface area contributed by atoms with E-state index in [0.29, 0.717) is 18.9 Å². The zero-order valence-corrected chi connectivity index (χ0v) is 14.8. The molecular weight excluding hydrogens is 320 g/mol. The third-order valence-corrected chi connectivity index (χ3v) is 5.98. The number of aromatic nitrogens is 2. The highest BCUT2D eigenvalue weighted by Gasteiger charge is 2.34. The third-order valence-electron chi connectivity index (χ3n) is 4.02.